The van der Waals surface area contributed by atoms with E-state index in [0.29, 0.717) is 19.7 Å². The zero-order valence-electron chi connectivity index (χ0n) is 19.4. The van der Waals surface area contributed by atoms with Crippen LogP contribution in [-0.4, -0.2) is 44.0 Å². The Labute approximate surface area is 194 Å². The van der Waals surface area contributed by atoms with Crippen molar-refractivity contribution in [3.05, 3.63) is 29.1 Å². The van der Waals surface area contributed by atoms with E-state index in [1.807, 2.05) is 0 Å². The predicted molar refractivity (Wildman–Crippen MR) is 121 cm³/mol. The lowest BCUT2D eigenvalue weighted by Crippen LogP contribution is -2.48. The minimum atomic E-state index is -3.79. The van der Waals surface area contributed by atoms with Gasteiger partial charge in [0.25, 0.3) is 0 Å². The summed E-state index contributed by atoms with van der Waals surface area (Å²) in [5.74, 6) is -0.224. The second-order valence-electron chi connectivity index (χ2n) is 11.4. The van der Waals surface area contributed by atoms with Crippen molar-refractivity contribution >= 4 is 15.8 Å². The second kappa shape index (κ2) is 8.01. The normalized spacial score (nSPS) is 31.5. The first-order chi connectivity index (χ1) is 15.4. The van der Waals surface area contributed by atoms with Gasteiger partial charge in [0.15, 0.2) is 5.78 Å². The zero-order valence-corrected chi connectivity index (χ0v) is 20.2. The van der Waals surface area contributed by atoms with Crippen molar-refractivity contribution in [2.75, 3.05) is 25.4 Å². The van der Waals surface area contributed by atoms with Crippen LogP contribution in [0.15, 0.2) is 12.1 Å². The van der Waals surface area contributed by atoms with Gasteiger partial charge in [-0.2, -0.15) is 0 Å². The molecule has 1 heterocycles. The lowest BCUT2D eigenvalue weighted by atomic mass is 9.50. The van der Waals surface area contributed by atoms with Gasteiger partial charge in [-0.1, -0.05) is 0 Å². The third-order valence-electron chi connectivity index (χ3n) is 8.23. The molecule has 0 amide bonds. The summed E-state index contributed by atoms with van der Waals surface area (Å²) in [7, 11) is -3.79. The fourth-order valence-corrected chi connectivity index (χ4v) is 8.43. The summed E-state index contributed by atoms with van der Waals surface area (Å²) in [5.41, 5.74) is -2.13. The smallest absolute Gasteiger partial charge is 0.221 e. The number of rotatable bonds is 8. The number of Topliss-reactive ketones (excluding diaryl/α,β-unsaturated/α-hetero) is 1. The van der Waals surface area contributed by atoms with Gasteiger partial charge in [0.2, 0.25) is 10.0 Å². The Morgan fingerprint density at radius 3 is 2.18 bits per heavy atom. The van der Waals surface area contributed by atoms with Gasteiger partial charge in [0.1, 0.15) is 23.0 Å². The molecule has 182 valence electrons. The van der Waals surface area contributed by atoms with Gasteiger partial charge >= 0.3 is 0 Å². The van der Waals surface area contributed by atoms with Crippen LogP contribution >= 0.6 is 0 Å². The molecule has 5 fully saturated rings. The van der Waals surface area contributed by atoms with Crippen LogP contribution in [0.2, 0.25) is 0 Å². The molecule has 1 saturated heterocycles. The Kier molecular flexibility index (Phi) is 5.63. The zero-order chi connectivity index (χ0) is 23.6. The number of halogens is 2. The average Bonchev–Trinajstić information content (AvgIpc) is 2.62. The van der Waals surface area contributed by atoms with Crippen LogP contribution in [-0.2, 0) is 15.7 Å². The van der Waals surface area contributed by atoms with Gasteiger partial charge in [0.05, 0.1) is 12.2 Å². The fourth-order valence-electron chi connectivity index (χ4n) is 6.95. The van der Waals surface area contributed by atoms with E-state index in [4.69, 9.17) is 4.74 Å². The molecule has 1 aliphatic heterocycles. The van der Waals surface area contributed by atoms with Crippen LogP contribution in [0.5, 0.6) is 5.75 Å². The van der Waals surface area contributed by atoms with E-state index in [2.05, 4.69) is 0 Å². The number of hydrogen-bond acceptors (Lipinski definition) is 4. The summed E-state index contributed by atoms with van der Waals surface area (Å²) in [4.78, 5) is 12.7. The van der Waals surface area contributed by atoms with E-state index in [-0.39, 0.29) is 16.7 Å². The first-order valence-electron chi connectivity index (χ1n) is 12.1. The third kappa shape index (κ3) is 4.45. The summed E-state index contributed by atoms with van der Waals surface area (Å²) in [6.07, 6.45) is 7.98. The monoisotopic (exact) mass is 481 g/mol. The first kappa shape index (κ1) is 23.2. The minimum absolute atomic E-state index is 0.0722. The standard InChI is InChI=1S/C25H33F2NO4S/c1-24(2,27)20-9-19(22(29)14-33(30,31)28-4-3-5-28)21(26)10-23(20)32-15-25-11-16-6-17(12-25)8-18(7-16)13-25/h9-10,16-18H,3-8,11-15H2,1-2H3. The predicted octanol–water partition coefficient (Wildman–Crippen LogP) is 4.84. The fraction of sp³-hybridized carbons (Fsp3) is 0.720. The Morgan fingerprint density at radius 2 is 1.70 bits per heavy atom. The largest absolute Gasteiger partial charge is 0.492 e. The molecular weight excluding hydrogens is 448 g/mol. The maximum Gasteiger partial charge on any atom is 0.221 e. The van der Waals surface area contributed by atoms with E-state index < -0.39 is 38.6 Å². The number of alkyl halides is 1. The van der Waals surface area contributed by atoms with E-state index in [9.17, 15) is 17.6 Å². The van der Waals surface area contributed by atoms with Gasteiger partial charge < -0.3 is 4.74 Å². The minimum Gasteiger partial charge on any atom is -0.492 e. The number of carbonyl (C=O) groups excluding carboxylic acids is 1. The SMILES string of the molecule is CC(C)(F)c1cc(C(=O)CS(=O)(=O)N2CCC2)c(F)cc1OCC12CC3CC(CC(C3)C1)C2. The van der Waals surface area contributed by atoms with Gasteiger partial charge in [-0.25, -0.2) is 21.5 Å². The molecule has 0 aromatic heterocycles. The van der Waals surface area contributed by atoms with Crippen LogP contribution in [0.1, 0.15) is 74.7 Å². The highest BCUT2D eigenvalue weighted by Gasteiger charge is 2.51. The molecule has 0 atom stereocenters. The molecule has 6 rings (SSSR count). The Bertz CT molecular complexity index is 1020. The van der Waals surface area contributed by atoms with Crippen LogP contribution in [0, 0.1) is 29.0 Å². The van der Waals surface area contributed by atoms with Crippen molar-refractivity contribution in [2.24, 2.45) is 23.2 Å². The molecule has 0 N–H and O–H groups in total. The molecule has 0 unspecified atom stereocenters. The Hall–Kier alpha value is -1.54. The number of nitrogens with zero attached hydrogens (tertiary/aromatic N) is 1. The summed E-state index contributed by atoms with van der Waals surface area (Å²) in [6, 6.07) is 2.22. The van der Waals surface area contributed by atoms with Crippen LogP contribution < -0.4 is 4.74 Å². The van der Waals surface area contributed by atoms with E-state index in [0.717, 1.165) is 55.6 Å². The van der Waals surface area contributed by atoms with E-state index in [1.165, 1.54) is 37.4 Å². The second-order valence-corrected chi connectivity index (χ2v) is 13.4. The van der Waals surface area contributed by atoms with Gasteiger partial charge in [-0.05, 0) is 82.6 Å². The van der Waals surface area contributed by atoms with Crippen molar-refractivity contribution in [1.29, 1.82) is 0 Å². The third-order valence-corrected chi connectivity index (χ3v) is 10.0. The molecule has 5 nitrogen and oxygen atoms in total. The molecule has 1 aromatic carbocycles. The highest BCUT2D eigenvalue weighted by Crippen LogP contribution is 2.60. The summed E-state index contributed by atoms with van der Waals surface area (Å²) < 4.78 is 62.1. The van der Waals surface area contributed by atoms with Gasteiger partial charge in [0, 0.05) is 30.1 Å². The molecule has 33 heavy (non-hydrogen) atoms. The van der Waals surface area contributed by atoms with E-state index in [1.54, 1.807) is 0 Å². The van der Waals surface area contributed by atoms with Crippen molar-refractivity contribution in [3.8, 4) is 5.75 Å². The molecule has 5 aliphatic rings. The number of benzene rings is 1. The van der Waals surface area contributed by atoms with Crippen molar-refractivity contribution in [3.63, 3.8) is 0 Å². The van der Waals surface area contributed by atoms with Crippen molar-refractivity contribution in [2.45, 2.75) is 64.5 Å². The van der Waals surface area contributed by atoms with Crippen LogP contribution in [0.4, 0.5) is 8.78 Å². The summed E-state index contributed by atoms with van der Waals surface area (Å²) >= 11 is 0. The van der Waals surface area contributed by atoms with Gasteiger partial charge in [-0.3, -0.25) is 4.79 Å². The number of carbonyl (C=O) groups is 1. The Balaban J connectivity index is 1.38. The molecule has 8 heteroatoms. The summed E-state index contributed by atoms with van der Waals surface area (Å²) in [5, 5.41) is 0. The molecule has 4 saturated carbocycles. The first-order valence-corrected chi connectivity index (χ1v) is 13.7. The lowest BCUT2D eigenvalue weighted by molar-refractivity contribution is -0.0749. The van der Waals surface area contributed by atoms with Crippen molar-refractivity contribution < 1.29 is 26.7 Å². The maximum absolute atomic E-state index is 15.1. The van der Waals surface area contributed by atoms with Crippen LogP contribution in [0.3, 0.4) is 0 Å². The summed E-state index contributed by atoms with van der Waals surface area (Å²) in [6.45, 7) is 3.84. The van der Waals surface area contributed by atoms with Crippen molar-refractivity contribution in [1.82, 2.24) is 4.31 Å². The molecule has 4 bridgehead atoms. The molecular formula is C25H33F2NO4S. The number of ether oxygens (including phenoxy) is 1. The highest BCUT2D eigenvalue weighted by molar-refractivity contribution is 7.89. The maximum atomic E-state index is 15.1. The molecule has 0 spiro atoms. The number of sulfonamides is 1. The average molecular weight is 482 g/mol. The Morgan fingerprint density at radius 1 is 1.12 bits per heavy atom. The van der Waals surface area contributed by atoms with Crippen LogP contribution in [0.25, 0.3) is 0 Å². The van der Waals surface area contributed by atoms with E-state index >= 15 is 4.39 Å². The number of hydrogen-bond donors (Lipinski definition) is 0. The van der Waals surface area contributed by atoms with Gasteiger partial charge in [-0.15, -0.1) is 0 Å². The molecule has 0 radical (unpaired) electrons. The highest BCUT2D eigenvalue weighted by atomic mass is 32.2. The quantitative estimate of drug-likeness (QED) is 0.498. The topological polar surface area (TPSA) is 63.7 Å². The number of ketones is 1. The lowest BCUT2D eigenvalue weighted by Gasteiger charge is -2.56. The molecule has 4 aliphatic carbocycles. The molecule has 1 aromatic rings.